The summed E-state index contributed by atoms with van der Waals surface area (Å²) in [5.74, 6) is -0.0105. The van der Waals surface area contributed by atoms with Crippen LogP contribution in [0.5, 0.6) is 5.88 Å². The SMILES string of the molecule is CCc1sc(NS(=O)(=O)c2ccc(C(C)C)cc2)nc1OC(C)=O. The van der Waals surface area contributed by atoms with E-state index < -0.39 is 16.0 Å². The van der Waals surface area contributed by atoms with Crippen molar-refractivity contribution in [1.29, 1.82) is 0 Å². The van der Waals surface area contributed by atoms with E-state index in [2.05, 4.69) is 9.71 Å². The number of benzene rings is 1. The Hall–Kier alpha value is -1.93. The Bertz CT molecular complexity index is 824. The highest BCUT2D eigenvalue weighted by Gasteiger charge is 2.19. The Morgan fingerprint density at radius 3 is 2.42 bits per heavy atom. The minimum atomic E-state index is -3.74. The van der Waals surface area contributed by atoms with Gasteiger partial charge in [0.1, 0.15) is 0 Å². The number of aryl methyl sites for hydroxylation is 1. The van der Waals surface area contributed by atoms with Crippen molar-refractivity contribution in [2.75, 3.05) is 4.72 Å². The molecule has 24 heavy (non-hydrogen) atoms. The summed E-state index contributed by atoms with van der Waals surface area (Å²) in [6.07, 6.45) is 0.588. The average Bonchev–Trinajstić information content (AvgIpc) is 2.87. The molecule has 2 rings (SSSR count). The van der Waals surface area contributed by atoms with Gasteiger partial charge < -0.3 is 4.74 Å². The second-order valence-electron chi connectivity index (χ2n) is 5.52. The number of hydrogen-bond donors (Lipinski definition) is 1. The molecule has 0 amide bonds. The maximum absolute atomic E-state index is 12.5. The van der Waals surface area contributed by atoms with Crippen LogP contribution < -0.4 is 9.46 Å². The molecule has 1 heterocycles. The lowest BCUT2D eigenvalue weighted by Crippen LogP contribution is -2.13. The van der Waals surface area contributed by atoms with Gasteiger partial charge in [0.25, 0.3) is 10.0 Å². The van der Waals surface area contributed by atoms with Crippen LogP contribution >= 0.6 is 11.3 Å². The average molecular weight is 368 g/mol. The summed E-state index contributed by atoms with van der Waals surface area (Å²) < 4.78 is 32.4. The standard InChI is InChI=1S/C16H20N2O4S2/c1-5-14-15(22-11(4)19)17-16(23-14)18-24(20,21)13-8-6-12(7-9-13)10(2)3/h6-10H,5H2,1-4H3,(H,17,18). The topological polar surface area (TPSA) is 85.4 Å². The Morgan fingerprint density at radius 1 is 1.29 bits per heavy atom. The van der Waals surface area contributed by atoms with E-state index in [1.54, 1.807) is 24.3 Å². The van der Waals surface area contributed by atoms with E-state index in [-0.39, 0.29) is 15.9 Å². The number of nitrogens with zero attached hydrogens (tertiary/aromatic N) is 1. The van der Waals surface area contributed by atoms with Gasteiger partial charge in [-0.15, -0.1) is 0 Å². The molecule has 0 saturated carbocycles. The van der Waals surface area contributed by atoms with Gasteiger partial charge in [-0.3, -0.25) is 9.52 Å². The summed E-state index contributed by atoms with van der Waals surface area (Å²) in [7, 11) is -3.74. The maximum atomic E-state index is 12.5. The number of carbonyl (C=O) groups is 1. The van der Waals surface area contributed by atoms with Crippen LogP contribution in [0.1, 0.15) is 44.1 Å². The monoisotopic (exact) mass is 368 g/mol. The third-order valence-electron chi connectivity index (χ3n) is 3.30. The first-order valence-electron chi connectivity index (χ1n) is 7.53. The first-order valence-corrected chi connectivity index (χ1v) is 9.83. The van der Waals surface area contributed by atoms with Crippen molar-refractivity contribution in [1.82, 2.24) is 4.98 Å². The van der Waals surface area contributed by atoms with Crippen molar-refractivity contribution < 1.29 is 17.9 Å². The molecule has 0 spiro atoms. The summed E-state index contributed by atoms with van der Waals surface area (Å²) in [6.45, 7) is 7.24. The number of aromatic nitrogens is 1. The predicted molar refractivity (Wildman–Crippen MR) is 94.1 cm³/mol. The zero-order valence-electron chi connectivity index (χ0n) is 14.0. The summed E-state index contributed by atoms with van der Waals surface area (Å²) in [4.78, 5) is 16.0. The van der Waals surface area contributed by atoms with E-state index in [0.717, 1.165) is 16.9 Å². The molecule has 0 aliphatic heterocycles. The van der Waals surface area contributed by atoms with Gasteiger partial charge >= 0.3 is 5.97 Å². The first kappa shape index (κ1) is 18.4. The molecule has 0 radical (unpaired) electrons. The number of rotatable bonds is 6. The summed E-state index contributed by atoms with van der Waals surface area (Å²) in [6, 6.07) is 6.73. The van der Waals surface area contributed by atoms with Gasteiger partial charge in [0.2, 0.25) is 5.88 Å². The van der Waals surface area contributed by atoms with Crippen molar-refractivity contribution in [3.63, 3.8) is 0 Å². The van der Waals surface area contributed by atoms with Crippen LogP contribution in [-0.4, -0.2) is 19.4 Å². The summed E-state index contributed by atoms with van der Waals surface area (Å²) in [5.41, 5.74) is 1.06. The molecule has 8 heteroatoms. The molecule has 0 bridgehead atoms. The molecule has 0 unspecified atom stereocenters. The van der Waals surface area contributed by atoms with Crippen LogP contribution in [0.3, 0.4) is 0 Å². The normalized spacial score (nSPS) is 11.5. The predicted octanol–water partition coefficient (Wildman–Crippen LogP) is 3.56. The largest absolute Gasteiger partial charge is 0.406 e. The molecule has 1 aromatic carbocycles. The smallest absolute Gasteiger partial charge is 0.309 e. The number of anilines is 1. The minimum Gasteiger partial charge on any atom is -0.406 e. The molecule has 0 saturated heterocycles. The number of carbonyl (C=O) groups excluding carboxylic acids is 1. The highest BCUT2D eigenvalue weighted by molar-refractivity contribution is 7.93. The van der Waals surface area contributed by atoms with Gasteiger partial charge in [-0.2, -0.15) is 4.98 Å². The number of hydrogen-bond acceptors (Lipinski definition) is 6. The van der Waals surface area contributed by atoms with Crippen LogP contribution in [0.25, 0.3) is 0 Å². The first-order chi connectivity index (χ1) is 11.2. The van der Waals surface area contributed by atoms with Crippen LogP contribution in [0.15, 0.2) is 29.2 Å². The van der Waals surface area contributed by atoms with Crippen LogP contribution in [-0.2, 0) is 21.2 Å². The van der Waals surface area contributed by atoms with E-state index in [1.165, 1.54) is 6.92 Å². The van der Waals surface area contributed by atoms with Gasteiger partial charge in [-0.05, 0) is 30.0 Å². The highest BCUT2D eigenvalue weighted by Crippen LogP contribution is 2.31. The molecule has 1 N–H and O–H groups in total. The molecule has 0 aliphatic carbocycles. The van der Waals surface area contributed by atoms with E-state index in [9.17, 15) is 13.2 Å². The van der Waals surface area contributed by atoms with Gasteiger partial charge in [-0.1, -0.05) is 44.2 Å². The molecule has 0 aliphatic rings. The number of thiazole rings is 1. The fourth-order valence-electron chi connectivity index (χ4n) is 2.03. The summed E-state index contributed by atoms with van der Waals surface area (Å²) >= 11 is 1.15. The van der Waals surface area contributed by atoms with Crippen LogP contribution in [0.4, 0.5) is 5.13 Å². The number of nitrogens with one attached hydrogen (secondary N) is 1. The zero-order chi connectivity index (χ0) is 17.9. The van der Waals surface area contributed by atoms with E-state index in [0.29, 0.717) is 17.2 Å². The highest BCUT2D eigenvalue weighted by atomic mass is 32.2. The molecular formula is C16H20N2O4S2. The van der Waals surface area contributed by atoms with E-state index >= 15 is 0 Å². The van der Waals surface area contributed by atoms with Crippen LogP contribution in [0.2, 0.25) is 0 Å². The van der Waals surface area contributed by atoms with Crippen LogP contribution in [0, 0.1) is 0 Å². The van der Waals surface area contributed by atoms with Crippen molar-refractivity contribution in [3.05, 3.63) is 34.7 Å². The Kier molecular flexibility index (Phi) is 5.61. The lowest BCUT2D eigenvalue weighted by Gasteiger charge is -2.08. The van der Waals surface area contributed by atoms with Crippen molar-refractivity contribution in [2.24, 2.45) is 0 Å². The quantitative estimate of drug-likeness (QED) is 0.788. The van der Waals surface area contributed by atoms with Gasteiger partial charge in [0.15, 0.2) is 5.13 Å². The van der Waals surface area contributed by atoms with E-state index in [4.69, 9.17) is 4.74 Å². The Balaban J connectivity index is 2.25. The second-order valence-corrected chi connectivity index (χ2v) is 8.29. The fraction of sp³-hybridized carbons (Fsp3) is 0.375. The number of ether oxygens (including phenoxy) is 1. The maximum Gasteiger partial charge on any atom is 0.309 e. The fourth-order valence-corrected chi connectivity index (χ4v) is 4.09. The molecule has 130 valence electrons. The molecule has 1 aromatic heterocycles. The third-order valence-corrected chi connectivity index (χ3v) is 5.88. The minimum absolute atomic E-state index is 0.155. The van der Waals surface area contributed by atoms with Gasteiger partial charge in [0.05, 0.1) is 9.77 Å². The Labute approximate surface area is 145 Å². The molecule has 2 aromatic rings. The molecule has 0 fully saturated rings. The molecule has 6 nitrogen and oxygen atoms in total. The summed E-state index contributed by atoms with van der Waals surface area (Å²) in [5, 5.41) is 0.177. The van der Waals surface area contributed by atoms with Crippen molar-refractivity contribution in [2.45, 2.75) is 44.9 Å². The third kappa shape index (κ3) is 4.33. The lowest BCUT2D eigenvalue weighted by molar-refractivity contribution is -0.132. The van der Waals surface area contributed by atoms with Crippen molar-refractivity contribution in [3.8, 4) is 5.88 Å². The zero-order valence-corrected chi connectivity index (χ0v) is 15.6. The molecule has 0 atom stereocenters. The second kappa shape index (κ2) is 7.31. The van der Waals surface area contributed by atoms with E-state index in [1.807, 2.05) is 20.8 Å². The number of sulfonamides is 1. The number of esters is 1. The van der Waals surface area contributed by atoms with Crippen molar-refractivity contribution >= 4 is 32.5 Å². The van der Waals surface area contributed by atoms with Gasteiger partial charge in [0, 0.05) is 6.92 Å². The lowest BCUT2D eigenvalue weighted by atomic mass is 10.0. The molecular weight excluding hydrogens is 348 g/mol. The van der Waals surface area contributed by atoms with Gasteiger partial charge in [-0.25, -0.2) is 8.42 Å². The Morgan fingerprint density at radius 2 is 1.92 bits per heavy atom.